The molecule has 0 aliphatic carbocycles. The predicted molar refractivity (Wildman–Crippen MR) is 50.1 cm³/mol. The van der Waals surface area contributed by atoms with Crippen LogP contribution in [-0.2, 0) is 4.79 Å². The number of nitrogens with two attached hydrogens (primary N) is 1. The number of carbonyl (C=O) groups excluding carboxylic acids is 1. The highest BCUT2D eigenvalue weighted by Crippen LogP contribution is 2.20. The van der Waals surface area contributed by atoms with E-state index in [0.717, 1.165) is 0 Å². The maximum atomic E-state index is 11.5. The van der Waals surface area contributed by atoms with Crippen LogP contribution in [0.5, 0.6) is 0 Å². The maximum absolute atomic E-state index is 11.5. The molecule has 4 nitrogen and oxygen atoms in total. The van der Waals surface area contributed by atoms with Crippen molar-refractivity contribution in [2.24, 2.45) is 5.73 Å². The van der Waals surface area contributed by atoms with Crippen LogP contribution in [0, 0.1) is 0 Å². The van der Waals surface area contributed by atoms with E-state index < -0.39 is 5.60 Å². The van der Waals surface area contributed by atoms with Crippen LogP contribution in [0.4, 0.5) is 0 Å². The summed E-state index contributed by atoms with van der Waals surface area (Å²) in [6.07, 6.45) is 1.04. The smallest absolute Gasteiger partial charge is 0.224 e. The second-order valence-corrected chi connectivity index (χ2v) is 4.24. The molecule has 3 N–H and O–H groups in total. The fourth-order valence-electron chi connectivity index (χ4n) is 1.56. The van der Waals surface area contributed by atoms with Crippen molar-refractivity contribution in [1.29, 1.82) is 0 Å². The molecule has 0 saturated carbocycles. The van der Waals surface area contributed by atoms with Gasteiger partial charge in [-0.15, -0.1) is 0 Å². The maximum Gasteiger partial charge on any atom is 0.224 e. The number of rotatable bonds is 2. The van der Waals surface area contributed by atoms with Gasteiger partial charge in [0.25, 0.3) is 0 Å². The van der Waals surface area contributed by atoms with E-state index in [9.17, 15) is 9.90 Å². The standard InChI is InChI=1S/C9H18N2O2/c1-7(10)5-8(12)11-4-3-9(2,13)6-11/h7,13H,3-6,10H2,1-2H3. The first-order chi connectivity index (χ1) is 5.91. The van der Waals surface area contributed by atoms with Crippen molar-refractivity contribution in [3.05, 3.63) is 0 Å². The van der Waals surface area contributed by atoms with Crippen LogP contribution in [0.15, 0.2) is 0 Å². The van der Waals surface area contributed by atoms with Gasteiger partial charge in [-0.05, 0) is 20.3 Å². The number of aliphatic hydroxyl groups is 1. The molecule has 1 aliphatic rings. The molecule has 0 aromatic carbocycles. The van der Waals surface area contributed by atoms with Gasteiger partial charge in [0.15, 0.2) is 0 Å². The average Bonchev–Trinajstić information content (AvgIpc) is 2.28. The minimum Gasteiger partial charge on any atom is -0.388 e. The topological polar surface area (TPSA) is 66.6 Å². The van der Waals surface area contributed by atoms with Gasteiger partial charge >= 0.3 is 0 Å². The van der Waals surface area contributed by atoms with Gasteiger partial charge in [-0.1, -0.05) is 0 Å². The first kappa shape index (κ1) is 10.5. The van der Waals surface area contributed by atoms with E-state index in [1.165, 1.54) is 0 Å². The van der Waals surface area contributed by atoms with Crippen LogP contribution in [0.1, 0.15) is 26.7 Å². The summed E-state index contributed by atoms with van der Waals surface area (Å²) in [5.74, 6) is 0.0489. The second kappa shape index (κ2) is 3.64. The molecule has 4 heteroatoms. The summed E-state index contributed by atoms with van der Waals surface area (Å²) in [6, 6.07) is -0.0990. The molecule has 1 saturated heterocycles. The molecule has 0 spiro atoms. The molecule has 13 heavy (non-hydrogen) atoms. The Morgan fingerprint density at radius 3 is 2.77 bits per heavy atom. The molecule has 0 aromatic heterocycles. The number of amides is 1. The molecular formula is C9H18N2O2. The Labute approximate surface area is 78.7 Å². The van der Waals surface area contributed by atoms with Crippen molar-refractivity contribution < 1.29 is 9.90 Å². The molecule has 0 aromatic rings. The number of nitrogens with zero attached hydrogens (tertiary/aromatic N) is 1. The van der Waals surface area contributed by atoms with E-state index in [2.05, 4.69) is 0 Å². The summed E-state index contributed by atoms with van der Waals surface area (Å²) in [6.45, 7) is 4.66. The second-order valence-electron chi connectivity index (χ2n) is 4.24. The van der Waals surface area contributed by atoms with Gasteiger partial charge in [0.2, 0.25) is 5.91 Å². The van der Waals surface area contributed by atoms with E-state index in [4.69, 9.17) is 5.73 Å². The number of hydrogen-bond donors (Lipinski definition) is 2. The molecule has 2 atom stereocenters. The molecule has 2 unspecified atom stereocenters. The number of β-amino-alcohol motifs (C(OH)–C–C–N with tert-alkyl or cyclic N) is 1. The number of likely N-dealkylation sites (tertiary alicyclic amines) is 1. The fourth-order valence-corrected chi connectivity index (χ4v) is 1.56. The minimum atomic E-state index is -0.701. The molecule has 76 valence electrons. The molecular weight excluding hydrogens is 168 g/mol. The van der Waals surface area contributed by atoms with Gasteiger partial charge < -0.3 is 15.7 Å². The summed E-state index contributed by atoms with van der Waals surface area (Å²) >= 11 is 0. The third-order valence-electron chi connectivity index (χ3n) is 2.30. The lowest BCUT2D eigenvalue weighted by atomic mass is 10.1. The highest BCUT2D eigenvalue weighted by atomic mass is 16.3. The lowest BCUT2D eigenvalue weighted by Crippen LogP contribution is -2.36. The van der Waals surface area contributed by atoms with Crippen LogP contribution >= 0.6 is 0 Å². The van der Waals surface area contributed by atoms with Gasteiger partial charge in [0, 0.05) is 25.6 Å². The Balaban J connectivity index is 2.42. The lowest BCUT2D eigenvalue weighted by molar-refractivity contribution is -0.131. The minimum absolute atomic E-state index is 0.0489. The van der Waals surface area contributed by atoms with E-state index >= 15 is 0 Å². The van der Waals surface area contributed by atoms with Crippen LogP contribution in [0.3, 0.4) is 0 Å². The first-order valence-electron chi connectivity index (χ1n) is 4.66. The monoisotopic (exact) mass is 186 g/mol. The van der Waals surface area contributed by atoms with Crippen LogP contribution in [0.25, 0.3) is 0 Å². The Bertz CT molecular complexity index is 202. The third-order valence-corrected chi connectivity index (χ3v) is 2.30. The third kappa shape index (κ3) is 2.97. The highest BCUT2D eigenvalue weighted by Gasteiger charge is 2.33. The highest BCUT2D eigenvalue weighted by molar-refractivity contribution is 5.77. The molecule has 1 aliphatic heterocycles. The van der Waals surface area contributed by atoms with Crippen molar-refractivity contribution in [3.8, 4) is 0 Å². The summed E-state index contributed by atoms with van der Waals surface area (Å²) in [4.78, 5) is 13.2. The summed E-state index contributed by atoms with van der Waals surface area (Å²) in [7, 11) is 0. The predicted octanol–water partition coefficient (Wildman–Crippen LogP) is -0.293. The van der Waals surface area contributed by atoms with Crippen LogP contribution in [-0.4, -0.2) is 40.6 Å². The van der Waals surface area contributed by atoms with Gasteiger partial charge in [-0.2, -0.15) is 0 Å². The van der Waals surface area contributed by atoms with Crippen molar-refractivity contribution in [3.63, 3.8) is 0 Å². The summed E-state index contributed by atoms with van der Waals surface area (Å²) in [5, 5.41) is 9.62. The average molecular weight is 186 g/mol. The summed E-state index contributed by atoms with van der Waals surface area (Å²) in [5.41, 5.74) is 4.82. The molecule has 1 fully saturated rings. The molecule has 0 radical (unpaired) electrons. The molecule has 1 heterocycles. The Kier molecular flexibility index (Phi) is 2.93. The number of carbonyl (C=O) groups is 1. The van der Waals surface area contributed by atoms with E-state index in [1.54, 1.807) is 11.8 Å². The zero-order valence-corrected chi connectivity index (χ0v) is 8.29. The molecule has 1 amide bonds. The number of hydrogen-bond acceptors (Lipinski definition) is 3. The van der Waals surface area contributed by atoms with Gasteiger partial charge in [0.1, 0.15) is 0 Å². The zero-order chi connectivity index (χ0) is 10.1. The molecule has 0 bridgehead atoms. The fraction of sp³-hybridized carbons (Fsp3) is 0.889. The van der Waals surface area contributed by atoms with Gasteiger partial charge in [0.05, 0.1) is 5.60 Å². The Morgan fingerprint density at radius 2 is 2.38 bits per heavy atom. The van der Waals surface area contributed by atoms with Gasteiger partial charge in [-0.3, -0.25) is 4.79 Å². The van der Waals surface area contributed by atoms with Crippen molar-refractivity contribution >= 4 is 5.91 Å². The zero-order valence-electron chi connectivity index (χ0n) is 8.29. The van der Waals surface area contributed by atoms with E-state index in [1.807, 2.05) is 6.92 Å². The van der Waals surface area contributed by atoms with E-state index in [0.29, 0.717) is 25.9 Å². The van der Waals surface area contributed by atoms with E-state index in [-0.39, 0.29) is 11.9 Å². The normalized spacial score (nSPS) is 30.6. The van der Waals surface area contributed by atoms with Crippen molar-refractivity contribution in [1.82, 2.24) is 4.90 Å². The van der Waals surface area contributed by atoms with Crippen LogP contribution < -0.4 is 5.73 Å². The largest absolute Gasteiger partial charge is 0.388 e. The van der Waals surface area contributed by atoms with Gasteiger partial charge in [-0.25, -0.2) is 0 Å². The van der Waals surface area contributed by atoms with Crippen molar-refractivity contribution in [2.75, 3.05) is 13.1 Å². The van der Waals surface area contributed by atoms with Crippen molar-refractivity contribution in [2.45, 2.75) is 38.3 Å². The first-order valence-corrected chi connectivity index (χ1v) is 4.66. The SMILES string of the molecule is CC(N)CC(=O)N1CCC(C)(O)C1. The Morgan fingerprint density at radius 1 is 1.77 bits per heavy atom. The quantitative estimate of drug-likeness (QED) is 0.622. The Hall–Kier alpha value is -0.610. The van der Waals surface area contributed by atoms with Crippen LogP contribution in [0.2, 0.25) is 0 Å². The lowest BCUT2D eigenvalue weighted by Gasteiger charge is -2.19. The molecule has 1 rings (SSSR count). The summed E-state index contributed by atoms with van der Waals surface area (Å²) < 4.78 is 0.